The Morgan fingerprint density at radius 3 is 2.26 bits per heavy atom. The molecule has 0 spiro atoms. The molecule has 0 aliphatic carbocycles. The third kappa shape index (κ3) is 6.01. The van der Waals surface area contributed by atoms with Crippen molar-refractivity contribution in [1.29, 1.82) is 0 Å². The van der Waals surface area contributed by atoms with E-state index in [1.807, 2.05) is 0 Å². The molecule has 2 aromatic rings. The van der Waals surface area contributed by atoms with E-state index in [9.17, 15) is 31.2 Å². The lowest BCUT2D eigenvalue weighted by Crippen LogP contribution is -2.60. The molecule has 0 radical (unpaired) electrons. The van der Waals surface area contributed by atoms with Gasteiger partial charge in [0.25, 0.3) is 0 Å². The topological polar surface area (TPSA) is 128 Å². The van der Waals surface area contributed by atoms with Crippen molar-refractivity contribution in [3.63, 3.8) is 0 Å². The van der Waals surface area contributed by atoms with Crippen LogP contribution in [0.2, 0.25) is 0 Å². The van der Waals surface area contributed by atoms with Gasteiger partial charge in [0.2, 0.25) is 15.9 Å². The molecule has 2 aromatic carbocycles. The summed E-state index contributed by atoms with van der Waals surface area (Å²) in [5, 5.41) is 0. The van der Waals surface area contributed by atoms with Crippen LogP contribution in [0.3, 0.4) is 0 Å². The fourth-order valence-corrected chi connectivity index (χ4v) is 4.90. The van der Waals surface area contributed by atoms with Crippen molar-refractivity contribution in [3.8, 4) is 11.5 Å². The van der Waals surface area contributed by atoms with Crippen LogP contribution in [-0.4, -0.2) is 75.6 Å². The summed E-state index contributed by atoms with van der Waals surface area (Å²) < 4.78 is 84.1. The second-order valence-corrected chi connectivity index (χ2v) is 9.25. The fraction of sp³-hybridized carbons (Fsp3) is 0.333. The second kappa shape index (κ2) is 10.9. The minimum absolute atomic E-state index is 0.0556. The minimum atomic E-state index is -4.62. The minimum Gasteiger partial charge on any atom is -0.451 e. The molecule has 2 amide bonds. The van der Waals surface area contributed by atoms with Gasteiger partial charge >= 0.3 is 6.09 Å². The third-order valence-electron chi connectivity index (χ3n) is 5.04. The van der Waals surface area contributed by atoms with Crippen LogP contribution in [-0.2, 0) is 24.3 Å². The van der Waals surface area contributed by atoms with E-state index in [0.29, 0.717) is 16.4 Å². The summed E-state index contributed by atoms with van der Waals surface area (Å²) in [6.45, 7) is -0.883. The van der Waals surface area contributed by atoms with Crippen molar-refractivity contribution < 1.29 is 45.4 Å². The van der Waals surface area contributed by atoms with Gasteiger partial charge in [-0.1, -0.05) is 0 Å². The molecule has 35 heavy (non-hydrogen) atoms. The predicted octanol–water partition coefficient (Wildman–Crippen LogP) is 1.84. The van der Waals surface area contributed by atoms with E-state index in [1.54, 1.807) is 0 Å². The van der Waals surface area contributed by atoms with E-state index in [4.69, 9.17) is 19.9 Å². The van der Waals surface area contributed by atoms with E-state index in [2.05, 4.69) is 0 Å². The van der Waals surface area contributed by atoms with Crippen LogP contribution >= 0.6 is 0 Å². The molecule has 2 N–H and O–H groups in total. The maximum absolute atomic E-state index is 14.7. The normalized spacial score (nSPS) is 16.7. The Kier molecular flexibility index (Phi) is 8.19. The zero-order valence-corrected chi connectivity index (χ0v) is 19.3. The fourth-order valence-electron chi connectivity index (χ4n) is 3.29. The van der Waals surface area contributed by atoms with Gasteiger partial charge in [-0.2, -0.15) is 4.31 Å². The van der Waals surface area contributed by atoms with Crippen LogP contribution in [0.25, 0.3) is 0 Å². The van der Waals surface area contributed by atoms with Gasteiger partial charge in [0.15, 0.2) is 17.4 Å². The standard InChI is InChI=1S/C21H22F3N3O7S/c1-32-8-9-33-21(29)26-6-7-27(18(12-26)20(25)28)35(30,31)15-10-16(23)19(17(24)11-15)34-14-4-2-13(22)3-5-14/h2-5,10-11,18H,6-9,12H2,1H3,(H2,25,28)/t18-/m1/s1. The van der Waals surface area contributed by atoms with Crippen molar-refractivity contribution in [3.05, 3.63) is 53.8 Å². The van der Waals surface area contributed by atoms with Gasteiger partial charge in [-0.15, -0.1) is 0 Å². The van der Waals surface area contributed by atoms with Crippen LogP contribution in [0.4, 0.5) is 18.0 Å². The van der Waals surface area contributed by atoms with Crippen molar-refractivity contribution in [2.75, 3.05) is 40.0 Å². The average molecular weight is 517 g/mol. The summed E-state index contributed by atoms with van der Waals surface area (Å²) in [5.41, 5.74) is 5.36. The molecule has 190 valence electrons. The maximum atomic E-state index is 14.7. The summed E-state index contributed by atoms with van der Waals surface area (Å²) >= 11 is 0. The van der Waals surface area contributed by atoms with Crippen LogP contribution in [0.1, 0.15) is 0 Å². The summed E-state index contributed by atoms with van der Waals surface area (Å²) in [6, 6.07) is 3.85. The number of halogens is 3. The van der Waals surface area contributed by atoms with E-state index >= 15 is 0 Å². The monoisotopic (exact) mass is 517 g/mol. The van der Waals surface area contributed by atoms with Gasteiger partial charge < -0.3 is 24.8 Å². The van der Waals surface area contributed by atoms with Gasteiger partial charge in [-0.3, -0.25) is 4.79 Å². The lowest BCUT2D eigenvalue weighted by Gasteiger charge is -2.38. The Bertz CT molecular complexity index is 1170. The summed E-state index contributed by atoms with van der Waals surface area (Å²) in [6.07, 6.45) is -0.801. The lowest BCUT2D eigenvalue weighted by atomic mass is 10.2. The number of carbonyl (C=O) groups excluding carboxylic acids is 2. The first-order chi connectivity index (χ1) is 16.5. The molecule has 1 heterocycles. The van der Waals surface area contributed by atoms with Crippen LogP contribution in [0.15, 0.2) is 41.3 Å². The number of carbonyl (C=O) groups is 2. The smallest absolute Gasteiger partial charge is 0.409 e. The zero-order valence-electron chi connectivity index (χ0n) is 18.4. The summed E-state index contributed by atoms with van der Waals surface area (Å²) in [5.74, 6) is -5.33. The highest BCUT2D eigenvalue weighted by Crippen LogP contribution is 2.32. The number of methoxy groups -OCH3 is 1. The number of nitrogens with zero attached hydrogens (tertiary/aromatic N) is 2. The molecule has 1 saturated heterocycles. The van der Waals surface area contributed by atoms with Gasteiger partial charge in [-0.05, 0) is 36.4 Å². The first-order valence-electron chi connectivity index (χ1n) is 10.2. The van der Waals surface area contributed by atoms with Crippen molar-refractivity contribution in [2.24, 2.45) is 5.73 Å². The molecular weight excluding hydrogens is 495 g/mol. The number of hydrogen-bond acceptors (Lipinski definition) is 7. The average Bonchev–Trinajstić information content (AvgIpc) is 2.82. The van der Waals surface area contributed by atoms with Gasteiger partial charge in [0.1, 0.15) is 24.2 Å². The second-order valence-electron chi connectivity index (χ2n) is 7.36. The number of amides is 2. The number of piperazine rings is 1. The Morgan fingerprint density at radius 2 is 1.69 bits per heavy atom. The molecule has 1 atom stereocenters. The summed E-state index contributed by atoms with van der Waals surface area (Å²) in [7, 11) is -3.21. The quantitative estimate of drug-likeness (QED) is 0.529. The highest BCUT2D eigenvalue weighted by atomic mass is 32.2. The Hall–Kier alpha value is -3.36. The highest BCUT2D eigenvalue weighted by molar-refractivity contribution is 7.89. The van der Waals surface area contributed by atoms with E-state index in [1.165, 1.54) is 7.11 Å². The largest absolute Gasteiger partial charge is 0.451 e. The number of rotatable bonds is 8. The molecule has 1 aliphatic rings. The first-order valence-corrected chi connectivity index (χ1v) is 11.6. The SMILES string of the molecule is COCCOC(=O)N1CCN(S(=O)(=O)c2cc(F)c(Oc3ccc(F)cc3)c(F)c2)[C@@H](C(N)=O)C1. The molecular formula is C21H22F3N3O7S. The number of ether oxygens (including phenoxy) is 3. The number of hydrogen-bond donors (Lipinski definition) is 1. The molecule has 0 saturated carbocycles. The van der Waals surface area contributed by atoms with Crippen LogP contribution in [0, 0.1) is 17.5 Å². The first kappa shape index (κ1) is 26.2. The van der Waals surface area contributed by atoms with Crippen LogP contribution < -0.4 is 10.5 Å². The van der Waals surface area contributed by atoms with Crippen LogP contribution in [0.5, 0.6) is 11.5 Å². The van der Waals surface area contributed by atoms with Gasteiger partial charge in [0, 0.05) is 26.7 Å². The van der Waals surface area contributed by atoms with Gasteiger partial charge in [0.05, 0.1) is 11.5 Å². The van der Waals surface area contributed by atoms with Crippen molar-refractivity contribution >= 4 is 22.0 Å². The number of primary amides is 1. The summed E-state index contributed by atoms with van der Waals surface area (Å²) in [4.78, 5) is 24.5. The van der Waals surface area contributed by atoms with Gasteiger partial charge in [-0.25, -0.2) is 26.4 Å². The van der Waals surface area contributed by atoms with Crippen molar-refractivity contribution in [2.45, 2.75) is 10.9 Å². The third-order valence-corrected chi connectivity index (χ3v) is 6.93. The molecule has 0 unspecified atom stereocenters. The molecule has 14 heteroatoms. The molecule has 0 bridgehead atoms. The Morgan fingerprint density at radius 1 is 1.06 bits per heavy atom. The lowest BCUT2D eigenvalue weighted by molar-refractivity contribution is -0.123. The van der Waals surface area contributed by atoms with Crippen molar-refractivity contribution in [1.82, 2.24) is 9.21 Å². The number of sulfonamides is 1. The molecule has 10 nitrogen and oxygen atoms in total. The van der Waals surface area contributed by atoms with E-state index in [0.717, 1.165) is 29.2 Å². The Labute approximate surface area is 199 Å². The number of nitrogens with two attached hydrogens (primary N) is 1. The van der Waals surface area contributed by atoms with E-state index in [-0.39, 0.29) is 32.1 Å². The maximum Gasteiger partial charge on any atom is 0.409 e. The molecule has 0 aromatic heterocycles. The van der Waals surface area contributed by atoms with E-state index < -0.39 is 62.7 Å². The molecule has 1 aliphatic heterocycles. The Balaban J connectivity index is 1.83. The highest BCUT2D eigenvalue weighted by Gasteiger charge is 2.41. The molecule has 1 fully saturated rings. The molecule has 3 rings (SSSR count). The zero-order chi connectivity index (χ0) is 25.8. The number of benzene rings is 2. The predicted molar refractivity (Wildman–Crippen MR) is 115 cm³/mol.